The number of carbonyl (C=O) groups is 1. The van der Waals surface area contributed by atoms with Gasteiger partial charge in [0, 0.05) is 19.8 Å². The predicted octanol–water partition coefficient (Wildman–Crippen LogP) is 3.71. The first-order valence-corrected chi connectivity index (χ1v) is 8.49. The van der Waals surface area contributed by atoms with Crippen molar-refractivity contribution in [2.75, 3.05) is 26.4 Å². The van der Waals surface area contributed by atoms with E-state index in [1.807, 2.05) is 50.2 Å². The van der Waals surface area contributed by atoms with E-state index in [4.69, 9.17) is 14.2 Å². The van der Waals surface area contributed by atoms with Crippen LogP contribution in [0.2, 0.25) is 0 Å². The molecule has 0 aliphatic heterocycles. The first kappa shape index (κ1) is 18.8. The van der Waals surface area contributed by atoms with Crippen LogP contribution in [0.1, 0.15) is 18.9 Å². The van der Waals surface area contributed by atoms with Gasteiger partial charge < -0.3 is 19.5 Å². The van der Waals surface area contributed by atoms with E-state index in [9.17, 15) is 4.79 Å². The van der Waals surface area contributed by atoms with Crippen LogP contribution in [-0.4, -0.2) is 32.3 Å². The molecular formula is C20H25NO4. The number of benzene rings is 2. The molecule has 0 saturated carbocycles. The molecule has 0 aromatic heterocycles. The van der Waals surface area contributed by atoms with Gasteiger partial charge >= 0.3 is 0 Å². The number of amides is 1. The topological polar surface area (TPSA) is 56.8 Å². The van der Waals surface area contributed by atoms with E-state index < -0.39 is 0 Å². The molecule has 0 bridgehead atoms. The zero-order chi connectivity index (χ0) is 17.9. The lowest BCUT2D eigenvalue weighted by atomic mass is 10.2. The van der Waals surface area contributed by atoms with Crippen LogP contribution < -0.4 is 14.8 Å². The monoisotopic (exact) mass is 343 g/mol. The molecule has 0 radical (unpaired) electrons. The number of ether oxygens (including phenoxy) is 3. The van der Waals surface area contributed by atoms with Gasteiger partial charge in [-0.05, 0) is 56.7 Å². The minimum absolute atomic E-state index is 0.00714. The summed E-state index contributed by atoms with van der Waals surface area (Å²) in [5.74, 6) is 1.99. The Kier molecular flexibility index (Phi) is 7.79. The molecule has 0 atom stereocenters. The molecule has 2 rings (SSSR count). The normalized spacial score (nSPS) is 10.3. The van der Waals surface area contributed by atoms with Crippen molar-refractivity contribution in [3.63, 3.8) is 0 Å². The van der Waals surface area contributed by atoms with Crippen LogP contribution in [0.4, 0.5) is 0 Å². The van der Waals surface area contributed by atoms with Crippen molar-refractivity contribution in [3.05, 3.63) is 54.1 Å². The van der Waals surface area contributed by atoms with Gasteiger partial charge in [0.25, 0.3) is 5.91 Å². The Balaban J connectivity index is 1.71. The zero-order valence-corrected chi connectivity index (χ0v) is 14.8. The standard InChI is InChI=1S/C20H25NO4/c1-3-23-14-4-13-21-20(22)15-24-17-9-11-19(12-10-17)25-18-7-5-16(2)6-8-18/h5-12H,3-4,13-15H2,1-2H3,(H,21,22). The molecular weight excluding hydrogens is 318 g/mol. The third kappa shape index (κ3) is 7.27. The summed E-state index contributed by atoms with van der Waals surface area (Å²) in [5.41, 5.74) is 1.19. The number of rotatable bonds is 10. The van der Waals surface area contributed by atoms with Gasteiger partial charge in [0.1, 0.15) is 17.2 Å². The van der Waals surface area contributed by atoms with Crippen LogP contribution in [0, 0.1) is 6.92 Å². The summed E-state index contributed by atoms with van der Waals surface area (Å²) < 4.78 is 16.4. The van der Waals surface area contributed by atoms with Crippen LogP contribution in [0.25, 0.3) is 0 Å². The highest BCUT2D eigenvalue weighted by molar-refractivity contribution is 5.77. The van der Waals surface area contributed by atoms with Crippen molar-refractivity contribution in [3.8, 4) is 17.2 Å². The number of hydrogen-bond acceptors (Lipinski definition) is 4. The van der Waals surface area contributed by atoms with Crippen molar-refractivity contribution in [2.45, 2.75) is 20.3 Å². The SMILES string of the molecule is CCOCCCNC(=O)COc1ccc(Oc2ccc(C)cc2)cc1. The second-order valence-electron chi connectivity index (χ2n) is 5.58. The molecule has 2 aromatic carbocycles. The van der Waals surface area contributed by atoms with Crippen LogP contribution in [0.5, 0.6) is 17.2 Å². The lowest BCUT2D eigenvalue weighted by Gasteiger charge is -2.09. The molecule has 0 unspecified atom stereocenters. The average molecular weight is 343 g/mol. The summed E-state index contributed by atoms with van der Waals surface area (Å²) in [7, 11) is 0. The Morgan fingerprint density at radius 1 is 0.960 bits per heavy atom. The van der Waals surface area contributed by atoms with E-state index in [0.717, 1.165) is 17.9 Å². The summed E-state index contributed by atoms with van der Waals surface area (Å²) in [4.78, 5) is 11.7. The largest absolute Gasteiger partial charge is 0.484 e. The number of nitrogens with one attached hydrogen (secondary N) is 1. The summed E-state index contributed by atoms with van der Waals surface area (Å²) in [6.45, 7) is 5.91. The fraction of sp³-hybridized carbons (Fsp3) is 0.350. The van der Waals surface area contributed by atoms with E-state index in [1.165, 1.54) is 5.56 Å². The fourth-order valence-electron chi connectivity index (χ4n) is 2.09. The molecule has 1 amide bonds. The van der Waals surface area contributed by atoms with Crippen molar-refractivity contribution < 1.29 is 19.0 Å². The number of aryl methyl sites for hydroxylation is 1. The van der Waals surface area contributed by atoms with Crippen molar-refractivity contribution >= 4 is 5.91 Å². The maximum Gasteiger partial charge on any atom is 0.257 e. The molecule has 1 N–H and O–H groups in total. The summed E-state index contributed by atoms with van der Waals surface area (Å²) >= 11 is 0. The number of carbonyl (C=O) groups excluding carboxylic acids is 1. The van der Waals surface area contributed by atoms with Gasteiger partial charge in [-0.3, -0.25) is 4.79 Å². The first-order valence-electron chi connectivity index (χ1n) is 8.49. The molecule has 0 aliphatic rings. The molecule has 0 spiro atoms. The van der Waals surface area contributed by atoms with Crippen LogP contribution in [0.3, 0.4) is 0 Å². The van der Waals surface area contributed by atoms with Gasteiger partial charge in [-0.25, -0.2) is 0 Å². The summed E-state index contributed by atoms with van der Waals surface area (Å²) in [6.07, 6.45) is 0.796. The predicted molar refractivity (Wildman–Crippen MR) is 97.3 cm³/mol. The average Bonchev–Trinajstić information content (AvgIpc) is 2.63. The lowest BCUT2D eigenvalue weighted by Crippen LogP contribution is -2.30. The van der Waals surface area contributed by atoms with Crippen LogP contribution in [-0.2, 0) is 9.53 Å². The molecule has 5 nitrogen and oxygen atoms in total. The minimum atomic E-state index is -0.142. The Bertz CT molecular complexity index is 638. The second-order valence-corrected chi connectivity index (χ2v) is 5.58. The highest BCUT2D eigenvalue weighted by Crippen LogP contribution is 2.24. The van der Waals surface area contributed by atoms with E-state index in [-0.39, 0.29) is 12.5 Å². The molecule has 0 heterocycles. The van der Waals surface area contributed by atoms with Gasteiger partial charge in [-0.1, -0.05) is 17.7 Å². The molecule has 5 heteroatoms. The number of hydrogen-bond donors (Lipinski definition) is 1. The quantitative estimate of drug-likeness (QED) is 0.668. The maximum atomic E-state index is 11.7. The van der Waals surface area contributed by atoms with E-state index in [2.05, 4.69) is 5.32 Å². The molecule has 0 saturated heterocycles. The third-order valence-corrected chi connectivity index (χ3v) is 3.44. The van der Waals surface area contributed by atoms with Gasteiger partial charge in [0.15, 0.2) is 6.61 Å². The van der Waals surface area contributed by atoms with Gasteiger partial charge in [-0.15, -0.1) is 0 Å². The zero-order valence-electron chi connectivity index (χ0n) is 14.8. The summed E-state index contributed by atoms with van der Waals surface area (Å²) in [5, 5.41) is 2.79. The second kappa shape index (κ2) is 10.4. The lowest BCUT2D eigenvalue weighted by molar-refractivity contribution is -0.123. The minimum Gasteiger partial charge on any atom is -0.484 e. The van der Waals surface area contributed by atoms with Crippen molar-refractivity contribution in [2.24, 2.45) is 0 Å². The molecule has 134 valence electrons. The first-order chi connectivity index (χ1) is 12.2. The fourth-order valence-corrected chi connectivity index (χ4v) is 2.09. The van der Waals surface area contributed by atoms with Gasteiger partial charge in [0.2, 0.25) is 0 Å². The smallest absolute Gasteiger partial charge is 0.257 e. The maximum absolute atomic E-state index is 11.7. The van der Waals surface area contributed by atoms with E-state index in [1.54, 1.807) is 12.1 Å². The van der Waals surface area contributed by atoms with Crippen LogP contribution >= 0.6 is 0 Å². The Morgan fingerprint density at radius 2 is 1.56 bits per heavy atom. The Labute approximate surface area is 148 Å². The van der Waals surface area contributed by atoms with Crippen molar-refractivity contribution in [1.82, 2.24) is 5.32 Å². The Hall–Kier alpha value is -2.53. The summed E-state index contributed by atoms with van der Waals surface area (Å²) in [6, 6.07) is 15.0. The van der Waals surface area contributed by atoms with Gasteiger partial charge in [-0.2, -0.15) is 0 Å². The molecule has 0 fully saturated rings. The van der Waals surface area contributed by atoms with Crippen molar-refractivity contribution in [1.29, 1.82) is 0 Å². The van der Waals surface area contributed by atoms with E-state index in [0.29, 0.717) is 25.5 Å². The van der Waals surface area contributed by atoms with Gasteiger partial charge in [0.05, 0.1) is 0 Å². The molecule has 2 aromatic rings. The van der Waals surface area contributed by atoms with Crippen LogP contribution in [0.15, 0.2) is 48.5 Å². The molecule has 0 aliphatic carbocycles. The Morgan fingerprint density at radius 3 is 2.20 bits per heavy atom. The molecule has 25 heavy (non-hydrogen) atoms. The third-order valence-electron chi connectivity index (χ3n) is 3.44. The van der Waals surface area contributed by atoms with E-state index >= 15 is 0 Å². The highest BCUT2D eigenvalue weighted by atomic mass is 16.5. The highest BCUT2D eigenvalue weighted by Gasteiger charge is 2.03.